The zero-order valence-electron chi connectivity index (χ0n) is 16.7. The van der Waals surface area contributed by atoms with Crippen molar-refractivity contribution in [3.8, 4) is 11.3 Å². The van der Waals surface area contributed by atoms with Crippen molar-refractivity contribution < 1.29 is 0 Å². The number of hydrogen-bond acceptors (Lipinski definition) is 3. The van der Waals surface area contributed by atoms with E-state index < -0.39 is 0 Å². The normalized spacial score (nSPS) is 17.7. The van der Waals surface area contributed by atoms with E-state index in [1.165, 1.54) is 24.8 Å². The van der Waals surface area contributed by atoms with Crippen LogP contribution in [0.3, 0.4) is 0 Å². The molecule has 0 aliphatic heterocycles. The Morgan fingerprint density at radius 1 is 1.15 bits per heavy atom. The summed E-state index contributed by atoms with van der Waals surface area (Å²) >= 11 is 0. The molecule has 0 saturated heterocycles. The first kappa shape index (κ1) is 18.4. The number of hydrogen-bond donors (Lipinski definition) is 1. The molecular weight excluding hydrogens is 334 g/mol. The second-order valence-electron chi connectivity index (χ2n) is 8.28. The van der Waals surface area contributed by atoms with E-state index in [9.17, 15) is 4.79 Å². The molecule has 4 nitrogen and oxygen atoms in total. The molecule has 1 aromatic heterocycles. The predicted molar refractivity (Wildman–Crippen MR) is 110 cm³/mol. The Bertz CT molecular complexity index is 864. The first-order valence-corrected chi connectivity index (χ1v) is 10.6. The maximum Gasteiger partial charge on any atom is 0.255 e. The minimum Gasteiger partial charge on any atom is -0.309 e. The molecule has 0 radical (unpaired) electrons. The summed E-state index contributed by atoms with van der Waals surface area (Å²) in [4.78, 5) is 23.8. The highest BCUT2D eigenvalue weighted by molar-refractivity contribution is 5.71. The van der Waals surface area contributed by atoms with Gasteiger partial charge in [0.15, 0.2) is 0 Å². The molecule has 1 fully saturated rings. The Labute approximate surface area is 162 Å². The van der Waals surface area contributed by atoms with Crippen molar-refractivity contribution in [1.29, 1.82) is 0 Å². The highest BCUT2D eigenvalue weighted by Gasteiger charge is 2.42. The molecule has 144 valence electrons. The third kappa shape index (κ3) is 3.36. The van der Waals surface area contributed by atoms with Crippen LogP contribution in [0.4, 0.5) is 0 Å². The number of fused-ring (bicyclic) bond motifs is 4. The third-order valence-corrected chi connectivity index (χ3v) is 6.47. The Morgan fingerprint density at radius 3 is 2.67 bits per heavy atom. The monoisotopic (exact) mass is 365 g/mol. The smallest absolute Gasteiger partial charge is 0.255 e. The molecule has 0 atom stereocenters. The molecular formula is C23H31N3O. The van der Waals surface area contributed by atoms with Gasteiger partial charge in [-0.3, -0.25) is 9.69 Å². The van der Waals surface area contributed by atoms with Crippen molar-refractivity contribution in [3.05, 3.63) is 51.6 Å². The number of nitrogens with zero attached hydrogens (tertiary/aromatic N) is 2. The molecule has 1 N–H and O–H groups in total. The maximum atomic E-state index is 13.3. The summed E-state index contributed by atoms with van der Waals surface area (Å²) in [5, 5.41) is 0. The minimum atomic E-state index is -0.0189. The van der Waals surface area contributed by atoms with Gasteiger partial charge in [-0.25, -0.2) is 4.98 Å². The van der Waals surface area contributed by atoms with Gasteiger partial charge in [0.2, 0.25) is 0 Å². The average molecular weight is 366 g/mol. The van der Waals surface area contributed by atoms with Gasteiger partial charge in [0.05, 0.1) is 17.8 Å². The number of nitrogens with one attached hydrogen (secondary N) is 1. The van der Waals surface area contributed by atoms with Crippen molar-refractivity contribution in [3.63, 3.8) is 0 Å². The highest BCUT2D eigenvalue weighted by Crippen LogP contribution is 2.48. The lowest BCUT2D eigenvalue weighted by Crippen LogP contribution is -2.41. The molecule has 0 unspecified atom stereocenters. The molecule has 2 aliphatic carbocycles. The van der Waals surface area contributed by atoms with Gasteiger partial charge in [0.25, 0.3) is 5.56 Å². The lowest BCUT2D eigenvalue weighted by Gasteiger charge is -2.41. The summed E-state index contributed by atoms with van der Waals surface area (Å²) in [6.45, 7) is 7.06. The quantitative estimate of drug-likeness (QED) is 0.853. The molecule has 2 aliphatic rings. The summed E-state index contributed by atoms with van der Waals surface area (Å²) in [5.74, 6) is 0.803. The second kappa shape index (κ2) is 7.59. The van der Waals surface area contributed by atoms with Gasteiger partial charge in [-0.1, -0.05) is 57.4 Å². The number of benzene rings is 1. The van der Waals surface area contributed by atoms with E-state index >= 15 is 0 Å². The zero-order chi connectivity index (χ0) is 18.9. The molecule has 2 aromatic rings. The maximum absolute atomic E-state index is 13.3. The SMILES string of the molecule is CCCN(CC)Cc1nc2c(c(=O)[nH]1)C1(CCCCC1)Cc1ccccc1-2. The van der Waals surface area contributed by atoms with Crippen LogP contribution in [-0.2, 0) is 18.4 Å². The van der Waals surface area contributed by atoms with Crippen molar-refractivity contribution in [2.45, 2.75) is 70.8 Å². The zero-order valence-corrected chi connectivity index (χ0v) is 16.7. The molecule has 4 rings (SSSR count). The van der Waals surface area contributed by atoms with Crippen LogP contribution in [0.15, 0.2) is 29.1 Å². The summed E-state index contributed by atoms with van der Waals surface area (Å²) < 4.78 is 0. The minimum absolute atomic E-state index is 0.0189. The summed E-state index contributed by atoms with van der Waals surface area (Å²) in [6.07, 6.45) is 8.01. The van der Waals surface area contributed by atoms with Crippen LogP contribution < -0.4 is 5.56 Å². The Kier molecular flexibility index (Phi) is 5.18. The largest absolute Gasteiger partial charge is 0.309 e. The van der Waals surface area contributed by atoms with Crippen molar-refractivity contribution in [1.82, 2.24) is 14.9 Å². The standard InChI is InChI=1S/C23H31N3O/c1-3-14-26(4-2)16-19-24-21-18-11-7-6-10-17(18)15-23(12-8-5-9-13-23)20(21)22(27)25-19/h6-7,10-11H,3-5,8-9,12-16H2,1-2H3,(H,24,25,27). The first-order chi connectivity index (χ1) is 13.2. The van der Waals surface area contributed by atoms with E-state index in [1.807, 2.05) is 0 Å². The van der Waals surface area contributed by atoms with Crippen LogP contribution in [0.5, 0.6) is 0 Å². The van der Waals surface area contributed by atoms with Gasteiger partial charge in [0, 0.05) is 11.0 Å². The summed E-state index contributed by atoms with van der Waals surface area (Å²) in [6, 6.07) is 8.56. The van der Waals surface area contributed by atoms with Crippen LogP contribution in [0.1, 0.15) is 69.3 Å². The lowest BCUT2D eigenvalue weighted by molar-refractivity contribution is 0.270. The van der Waals surface area contributed by atoms with Gasteiger partial charge >= 0.3 is 0 Å². The molecule has 27 heavy (non-hydrogen) atoms. The Hall–Kier alpha value is -1.94. The van der Waals surface area contributed by atoms with Gasteiger partial charge < -0.3 is 4.98 Å². The topological polar surface area (TPSA) is 49.0 Å². The van der Waals surface area contributed by atoms with E-state index in [0.29, 0.717) is 6.54 Å². The molecule has 1 heterocycles. The summed E-state index contributed by atoms with van der Waals surface area (Å²) in [5.41, 5.74) is 4.51. The molecule has 0 amide bonds. The first-order valence-electron chi connectivity index (χ1n) is 10.6. The molecule has 1 saturated carbocycles. The van der Waals surface area contributed by atoms with Crippen molar-refractivity contribution in [2.75, 3.05) is 13.1 Å². The van der Waals surface area contributed by atoms with Gasteiger partial charge in [-0.15, -0.1) is 0 Å². The van der Waals surface area contributed by atoms with Gasteiger partial charge in [-0.2, -0.15) is 0 Å². The molecule has 0 bridgehead atoms. The van der Waals surface area contributed by atoms with E-state index in [1.54, 1.807) is 0 Å². The fourth-order valence-electron chi connectivity index (χ4n) is 5.17. The highest BCUT2D eigenvalue weighted by atomic mass is 16.1. The fourth-order valence-corrected chi connectivity index (χ4v) is 5.17. The van der Waals surface area contributed by atoms with E-state index in [-0.39, 0.29) is 11.0 Å². The number of H-pyrrole nitrogens is 1. The van der Waals surface area contributed by atoms with Crippen LogP contribution in [-0.4, -0.2) is 28.0 Å². The van der Waals surface area contributed by atoms with E-state index in [4.69, 9.17) is 4.98 Å². The number of aromatic nitrogens is 2. The van der Waals surface area contributed by atoms with Crippen LogP contribution in [0.25, 0.3) is 11.3 Å². The Balaban J connectivity index is 1.83. The van der Waals surface area contributed by atoms with Crippen LogP contribution in [0.2, 0.25) is 0 Å². The fraction of sp³-hybridized carbons (Fsp3) is 0.565. The summed E-state index contributed by atoms with van der Waals surface area (Å²) in [7, 11) is 0. The number of aromatic amines is 1. The van der Waals surface area contributed by atoms with E-state index in [2.05, 4.69) is 48.0 Å². The average Bonchev–Trinajstić information content (AvgIpc) is 2.68. The van der Waals surface area contributed by atoms with Crippen molar-refractivity contribution in [2.24, 2.45) is 0 Å². The van der Waals surface area contributed by atoms with E-state index in [0.717, 1.165) is 61.4 Å². The van der Waals surface area contributed by atoms with Crippen LogP contribution in [0, 0.1) is 0 Å². The van der Waals surface area contributed by atoms with Gasteiger partial charge in [0.1, 0.15) is 5.82 Å². The number of rotatable bonds is 5. The molecule has 4 heteroatoms. The molecule has 1 aromatic carbocycles. The van der Waals surface area contributed by atoms with Crippen LogP contribution >= 0.6 is 0 Å². The van der Waals surface area contributed by atoms with Gasteiger partial charge in [-0.05, 0) is 44.3 Å². The Morgan fingerprint density at radius 2 is 1.93 bits per heavy atom. The van der Waals surface area contributed by atoms with Crippen molar-refractivity contribution >= 4 is 0 Å². The second-order valence-corrected chi connectivity index (χ2v) is 8.28. The third-order valence-electron chi connectivity index (χ3n) is 6.47. The predicted octanol–water partition coefficient (Wildman–Crippen LogP) is 4.43. The lowest BCUT2D eigenvalue weighted by atomic mass is 9.62. The molecule has 1 spiro atoms.